The summed E-state index contributed by atoms with van der Waals surface area (Å²) in [7, 11) is 2.00. The number of carbonyl (C=O) groups is 1. The molecule has 0 aliphatic heterocycles. The summed E-state index contributed by atoms with van der Waals surface area (Å²) in [4.78, 5) is 37.4. The summed E-state index contributed by atoms with van der Waals surface area (Å²) in [5.41, 5.74) is 16.2. The Morgan fingerprint density at radius 3 is 1.28 bits per heavy atom. The second kappa shape index (κ2) is 34.7. The fraction of sp³-hybridized carbons (Fsp3) is 0.106. The Labute approximate surface area is 524 Å². The number of aromatic nitrogens is 6. The number of aryl methyl sites for hydroxylation is 4. The van der Waals surface area contributed by atoms with Crippen LogP contribution in [0.15, 0.2) is 201 Å². The molecule has 2 N–H and O–H groups in total. The maximum Gasteiger partial charge on any atom is 0.430 e. The minimum atomic E-state index is -5.19. The molecule has 0 spiro atoms. The van der Waals surface area contributed by atoms with Gasteiger partial charge in [0.2, 0.25) is 0 Å². The molecule has 0 aliphatic carbocycles. The summed E-state index contributed by atoms with van der Waals surface area (Å²) in [5.74, 6) is -3.47. The van der Waals surface area contributed by atoms with E-state index in [-0.39, 0.29) is 51.8 Å². The first-order chi connectivity index (χ1) is 40.1. The van der Waals surface area contributed by atoms with E-state index in [2.05, 4.69) is 79.3 Å². The molecule has 6 aromatic heterocycles. The summed E-state index contributed by atoms with van der Waals surface area (Å²) in [6.45, 7) is 8.09. The second-order valence-corrected chi connectivity index (χ2v) is 19.5. The zero-order valence-electron chi connectivity index (χ0n) is 46.3. The van der Waals surface area contributed by atoms with Gasteiger partial charge in [-0.3, -0.25) is 4.98 Å². The second-order valence-electron chi connectivity index (χ2n) is 17.4. The molecule has 12 rings (SSSR count). The van der Waals surface area contributed by atoms with Crippen LogP contribution >= 0.6 is 22.7 Å². The average molecular weight is 1540 g/mol. The fourth-order valence-corrected chi connectivity index (χ4v) is 9.72. The largest absolute Gasteiger partial charge is 0.542 e. The summed E-state index contributed by atoms with van der Waals surface area (Å²) in [5, 5.41) is 22.8. The van der Waals surface area contributed by atoms with E-state index in [1.807, 2.05) is 136 Å². The van der Waals surface area contributed by atoms with Crippen molar-refractivity contribution in [3.8, 4) is 65.9 Å². The quantitative estimate of drug-likeness (QED) is 0.121. The van der Waals surface area contributed by atoms with E-state index < -0.39 is 12.1 Å². The normalized spacial score (nSPS) is 10.1. The molecule has 85 heavy (non-hydrogen) atoms. The predicted molar refractivity (Wildman–Crippen MR) is 319 cm³/mol. The standard InChI is InChI=1S/C19H13FN2S.C19H12FN2S.2C12H10N.C2HF3O2.2CH4O.2Ir/c2*1-12-2-4-14(5-3-12)18-19-16(21-11-22-18)10-17(23-19)13-6-8-15(20)9-7-13;2*1-10-6-5-9-12(13-10)11-7-3-2-4-8-11;3-2(4,5)1(6)7;2*1-2;;/h2-11H,1H3;2-4,6-11H,1H3;2*2-7,9H,1H3;(H,6,7);2*2H,1H3;;/q;3*-1;;;;;/p-1. The van der Waals surface area contributed by atoms with Crippen molar-refractivity contribution in [1.82, 2.24) is 29.9 Å². The number of hydrogen-bond donors (Lipinski definition) is 2. The van der Waals surface area contributed by atoms with E-state index >= 15 is 0 Å². The number of hydrogen-bond acceptors (Lipinski definition) is 12. The monoisotopic (exact) mass is 1540 g/mol. The number of aliphatic hydroxyl groups is 2. The minimum Gasteiger partial charge on any atom is -0.542 e. The van der Waals surface area contributed by atoms with Crippen molar-refractivity contribution in [2.75, 3.05) is 14.2 Å². The van der Waals surface area contributed by atoms with Gasteiger partial charge in [-0.15, -0.1) is 130 Å². The molecule has 12 aromatic rings. The van der Waals surface area contributed by atoms with Crippen LogP contribution < -0.4 is 5.11 Å². The molecule has 19 heteroatoms. The average Bonchev–Trinajstić information content (AvgIpc) is 2.34. The third kappa shape index (κ3) is 20.7. The summed E-state index contributed by atoms with van der Waals surface area (Å²) >= 11 is 3.25. The number of nitrogens with zero attached hydrogens (tertiary/aromatic N) is 6. The number of thiophene rings is 2. The molecule has 0 aliphatic rings. The van der Waals surface area contributed by atoms with Crippen molar-refractivity contribution in [3.05, 3.63) is 253 Å². The molecule has 0 unspecified atom stereocenters. The molecular formula is C66H53F5Ir2N6O4S2-4. The number of carboxylic acids is 1. The van der Waals surface area contributed by atoms with Gasteiger partial charge in [0, 0.05) is 91.5 Å². The van der Waals surface area contributed by atoms with E-state index in [1.54, 1.807) is 59.6 Å². The molecule has 0 saturated heterocycles. The van der Waals surface area contributed by atoms with Gasteiger partial charge in [0.15, 0.2) is 0 Å². The zero-order chi connectivity index (χ0) is 59.9. The SMILES string of the molecule is CO.CO.Cc1c[c-]c(-c2ncnc3cc(-c4ccc(F)cc4)sc23)cc1.Cc1ccc(-c2ncnc3cc(-c4ccc(F)cc4)sc23)cc1.Cc1cccc(-c2[c-]cccc2)n1.Cc1cccc(-c2[c-]cccc2)n1.O=C([O-])C(F)(F)F.[Ir].[Ir]. The van der Waals surface area contributed by atoms with Crippen LogP contribution in [0.2, 0.25) is 0 Å². The first kappa shape index (κ1) is 69.5. The number of carboxylic acid groups (broad SMARTS) is 1. The topological polar surface area (TPSA) is 158 Å². The Kier molecular flexibility index (Phi) is 28.4. The Balaban J connectivity index is 0.000000234. The van der Waals surface area contributed by atoms with Crippen molar-refractivity contribution in [3.63, 3.8) is 0 Å². The number of fused-ring (bicyclic) bond motifs is 2. The smallest absolute Gasteiger partial charge is 0.430 e. The van der Waals surface area contributed by atoms with E-state index in [1.165, 1.54) is 29.8 Å². The summed E-state index contributed by atoms with van der Waals surface area (Å²) < 4.78 is 59.8. The third-order valence-corrected chi connectivity index (χ3v) is 13.8. The third-order valence-electron chi connectivity index (χ3n) is 11.4. The van der Waals surface area contributed by atoms with Gasteiger partial charge in [-0.1, -0.05) is 85.3 Å². The van der Waals surface area contributed by atoms with E-state index in [0.29, 0.717) is 0 Å². The van der Waals surface area contributed by atoms with Crippen LogP contribution in [0, 0.1) is 57.5 Å². The van der Waals surface area contributed by atoms with Gasteiger partial charge in [0.1, 0.15) is 30.3 Å². The molecular weight excluding hydrogens is 1480 g/mol. The molecule has 2 radical (unpaired) electrons. The van der Waals surface area contributed by atoms with E-state index in [4.69, 9.17) is 20.1 Å². The predicted octanol–water partition coefficient (Wildman–Crippen LogP) is 15.0. The molecule has 0 bridgehead atoms. The molecule has 10 nitrogen and oxygen atoms in total. The van der Waals surface area contributed by atoms with Crippen molar-refractivity contribution >= 4 is 49.1 Å². The number of alkyl halides is 3. The maximum absolute atomic E-state index is 13.1. The number of benzene rings is 6. The molecule has 0 atom stereocenters. The van der Waals surface area contributed by atoms with E-state index in [0.717, 1.165) is 118 Å². The van der Waals surface area contributed by atoms with Crippen molar-refractivity contribution in [2.24, 2.45) is 0 Å². The van der Waals surface area contributed by atoms with Gasteiger partial charge < -0.3 is 30.1 Å². The molecule has 0 saturated carbocycles. The van der Waals surface area contributed by atoms with Crippen molar-refractivity contribution < 1.29 is 82.3 Å². The number of aliphatic carboxylic acids is 1. The number of pyridine rings is 2. The van der Waals surface area contributed by atoms with Gasteiger partial charge in [0.25, 0.3) is 0 Å². The van der Waals surface area contributed by atoms with Gasteiger partial charge in [-0.05, 0) is 91.8 Å². The van der Waals surface area contributed by atoms with Gasteiger partial charge in [-0.2, -0.15) is 13.2 Å². The van der Waals surface area contributed by atoms with Crippen LogP contribution in [0.5, 0.6) is 0 Å². The molecule has 440 valence electrons. The number of aliphatic hydroxyl groups excluding tert-OH is 2. The number of carbonyl (C=O) groups excluding carboxylic acids is 1. The van der Waals surface area contributed by atoms with Gasteiger partial charge in [0.05, 0.1) is 21.4 Å². The fourth-order valence-electron chi connectivity index (χ4n) is 7.47. The molecule has 6 heterocycles. The van der Waals surface area contributed by atoms with Crippen LogP contribution in [0.3, 0.4) is 0 Å². The van der Waals surface area contributed by atoms with Crippen molar-refractivity contribution in [2.45, 2.75) is 33.9 Å². The Bertz CT molecular complexity index is 3690. The van der Waals surface area contributed by atoms with Crippen LogP contribution in [0.1, 0.15) is 22.5 Å². The van der Waals surface area contributed by atoms with Crippen LogP contribution in [0.4, 0.5) is 22.0 Å². The van der Waals surface area contributed by atoms with Crippen LogP contribution in [0.25, 0.3) is 86.3 Å². The Morgan fingerprint density at radius 1 is 0.482 bits per heavy atom. The first-order valence-corrected chi connectivity index (χ1v) is 26.8. The summed E-state index contributed by atoms with van der Waals surface area (Å²) in [6.07, 6.45) is -2.02. The Hall–Kier alpha value is -7.96. The summed E-state index contributed by atoms with van der Waals surface area (Å²) in [6, 6.07) is 68.8. The van der Waals surface area contributed by atoms with Gasteiger partial charge >= 0.3 is 6.18 Å². The Morgan fingerprint density at radius 2 is 0.894 bits per heavy atom. The van der Waals surface area contributed by atoms with Crippen LogP contribution in [-0.2, 0) is 45.0 Å². The van der Waals surface area contributed by atoms with E-state index in [9.17, 15) is 22.0 Å². The van der Waals surface area contributed by atoms with Gasteiger partial charge in [-0.25, -0.2) is 23.7 Å². The molecule has 6 aromatic carbocycles. The maximum atomic E-state index is 13.1. The number of halogens is 5. The number of rotatable bonds is 6. The first-order valence-electron chi connectivity index (χ1n) is 25.1. The van der Waals surface area contributed by atoms with Crippen molar-refractivity contribution in [1.29, 1.82) is 0 Å². The molecule has 0 fully saturated rings. The minimum absolute atomic E-state index is 0. The zero-order valence-corrected chi connectivity index (χ0v) is 52.7. The van der Waals surface area contributed by atoms with Crippen LogP contribution in [-0.4, -0.2) is 66.5 Å². The molecule has 0 amide bonds.